The summed E-state index contributed by atoms with van der Waals surface area (Å²) in [5, 5.41) is 1.88. The number of hydrogen-bond donors (Lipinski definition) is 1. The van der Waals surface area contributed by atoms with Gasteiger partial charge in [-0.3, -0.25) is 10.1 Å². The fraction of sp³-hybridized carbons (Fsp3) is 0.556. The predicted octanol–water partition coefficient (Wildman–Crippen LogP) is 6.03. The van der Waals surface area contributed by atoms with Crippen LogP contribution in [0, 0.1) is 0 Å². The van der Waals surface area contributed by atoms with E-state index < -0.39 is 21.4 Å². The van der Waals surface area contributed by atoms with Crippen LogP contribution in [-0.4, -0.2) is 21.4 Å². The molecule has 0 spiro atoms. The number of ether oxygens (including phenoxy) is 1. The Hall–Kier alpha value is -0.970. The molecule has 7 heteroatoms. The molecule has 0 aromatic carbocycles. The number of amides is 2. The number of hydrogen-bond acceptors (Lipinski definition) is 3. The molecule has 4 nitrogen and oxygen atoms in total. The van der Waals surface area contributed by atoms with E-state index in [1.165, 1.54) is 17.2 Å². The fourth-order valence-corrected chi connectivity index (χ4v) is 2.03. The number of imide groups is 1. The third-order valence-electron chi connectivity index (χ3n) is 3.46. The largest absolute Gasteiger partial charge is 0.439 e. The molecule has 0 bridgehead atoms. The van der Waals surface area contributed by atoms with E-state index in [0.29, 0.717) is 12.8 Å². The third kappa shape index (κ3) is 11.3. The number of allylic oxidation sites excluding steroid dienone is 4. The van der Waals surface area contributed by atoms with Crippen molar-refractivity contribution in [3.05, 3.63) is 36.0 Å². The Labute approximate surface area is 165 Å². The molecule has 1 N–H and O–H groups in total. The normalized spacial score (nSPS) is 14.3. The first kappa shape index (κ1) is 24.0. The van der Waals surface area contributed by atoms with Gasteiger partial charge >= 0.3 is 6.09 Å². The van der Waals surface area contributed by atoms with E-state index in [0.717, 1.165) is 12.8 Å². The third-order valence-corrected chi connectivity index (χ3v) is 3.97. The Morgan fingerprint density at radius 1 is 1.12 bits per heavy atom. The first-order valence-electron chi connectivity index (χ1n) is 7.93. The van der Waals surface area contributed by atoms with Gasteiger partial charge in [-0.05, 0) is 59.5 Å². The molecule has 0 aromatic rings. The second kappa shape index (κ2) is 10.9. The first-order chi connectivity index (χ1) is 11.4. The van der Waals surface area contributed by atoms with Crippen molar-refractivity contribution in [3.63, 3.8) is 0 Å². The minimum Gasteiger partial charge on any atom is -0.439 e. The van der Waals surface area contributed by atoms with Crippen LogP contribution in [0.15, 0.2) is 36.0 Å². The minimum absolute atomic E-state index is 0.520. The topological polar surface area (TPSA) is 55.4 Å². The number of carbonyl (C=O) groups excluding carboxylic acids is 2. The van der Waals surface area contributed by atoms with Crippen molar-refractivity contribution in [2.75, 3.05) is 0 Å². The van der Waals surface area contributed by atoms with Crippen molar-refractivity contribution in [1.82, 2.24) is 5.32 Å². The molecule has 0 rings (SSSR count). The Bertz CT molecular complexity index is 546. The van der Waals surface area contributed by atoms with Crippen LogP contribution in [0.5, 0.6) is 0 Å². The van der Waals surface area contributed by atoms with Crippen LogP contribution in [0.2, 0.25) is 0 Å². The molecule has 142 valence electrons. The van der Waals surface area contributed by atoms with Gasteiger partial charge in [0.05, 0.1) is 0 Å². The lowest BCUT2D eigenvalue weighted by Gasteiger charge is -2.26. The van der Waals surface area contributed by atoms with Crippen LogP contribution in [0.25, 0.3) is 0 Å². The van der Waals surface area contributed by atoms with Gasteiger partial charge in [-0.15, -0.1) is 0 Å². The molecule has 25 heavy (non-hydrogen) atoms. The highest BCUT2D eigenvalue weighted by molar-refractivity contribution is 6.76. The first-order valence-corrected chi connectivity index (χ1v) is 9.07. The van der Waals surface area contributed by atoms with Crippen LogP contribution >= 0.6 is 34.8 Å². The summed E-state index contributed by atoms with van der Waals surface area (Å²) in [6.45, 7) is 11.6. The number of alkyl halides is 3. The lowest BCUT2D eigenvalue weighted by Crippen LogP contribution is -2.42. The van der Waals surface area contributed by atoms with Crippen LogP contribution in [-0.2, 0) is 9.53 Å². The molecule has 0 saturated heterocycles. The summed E-state index contributed by atoms with van der Waals surface area (Å²) >= 11 is 16.2. The second-order valence-corrected chi connectivity index (χ2v) is 8.55. The summed E-state index contributed by atoms with van der Waals surface area (Å²) in [6, 6.07) is 0. The van der Waals surface area contributed by atoms with Gasteiger partial charge in [0.15, 0.2) is 0 Å². The summed E-state index contributed by atoms with van der Waals surface area (Å²) in [7, 11) is 0. The van der Waals surface area contributed by atoms with Crippen LogP contribution in [0.1, 0.15) is 53.4 Å². The molecule has 0 aliphatic carbocycles. The molecule has 0 radical (unpaired) electrons. The van der Waals surface area contributed by atoms with Gasteiger partial charge in [0.2, 0.25) is 0 Å². The molecule has 1 unspecified atom stereocenters. The molecule has 0 aliphatic rings. The summed E-state index contributed by atoms with van der Waals surface area (Å²) < 4.78 is 3.02. The number of halogens is 3. The van der Waals surface area contributed by atoms with Gasteiger partial charge in [-0.2, -0.15) is 0 Å². The molecule has 1 atom stereocenters. The number of nitrogens with one attached hydrogen (secondary N) is 1. The molecule has 0 saturated carbocycles. The Morgan fingerprint density at radius 3 is 2.20 bits per heavy atom. The van der Waals surface area contributed by atoms with E-state index >= 15 is 0 Å². The average Bonchev–Trinajstić information content (AvgIpc) is 2.45. The average molecular weight is 411 g/mol. The molecular formula is C18H26Cl3NO3. The van der Waals surface area contributed by atoms with E-state index in [2.05, 4.69) is 39.5 Å². The highest BCUT2D eigenvalue weighted by Crippen LogP contribution is 2.26. The lowest BCUT2D eigenvalue weighted by atomic mass is 9.98. The van der Waals surface area contributed by atoms with Crippen molar-refractivity contribution in [2.24, 2.45) is 0 Å². The Kier molecular flexibility index (Phi) is 10.5. The zero-order valence-corrected chi connectivity index (χ0v) is 17.4. The van der Waals surface area contributed by atoms with E-state index in [-0.39, 0.29) is 0 Å². The Morgan fingerprint density at radius 2 is 1.72 bits per heavy atom. The monoisotopic (exact) mass is 409 g/mol. The van der Waals surface area contributed by atoms with Crippen LogP contribution in [0.3, 0.4) is 0 Å². The van der Waals surface area contributed by atoms with Crippen molar-refractivity contribution in [3.8, 4) is 0 Å². The maximum absolute atomic E-state index is 11.8. The smallest absolute Gasteiger partial charge is 0.414 e. The number of rotatable bonds is 8. The molecule has 0 heterocycles. The molecular weight excluding hydrogens is 385 g/mol. The standard InChI is InChI=1S/C18H26Cl3NO3/c1-6-17(5,25-16(24)22-15(23)18(19,20)21)12-8-11-14(4)10-7-9-13(2)3/h6,9,11H,1,7-8,10,12H2,2-5H3,(H,22,23,24). The SMILES string of the molecule is C=CC(C)(CCC=C(C)CCC=C(C)C)OC(=O)NC(=O)C(Cl)(Cl)Cl. The zero-order valence-electron chi connectivity index (χ0n) is 15.1. The van der Waals surface area contributed by atoms with Crippen molar-refractivity contribution in [2.45, 2.75) is 62.8 Å². The van der Waals surface area contributed by atoms with Gasteiger partial charge in [-0.25, -0.2) is 4.79 Å². The summed E-state index contributed by atoms with van der Waals surface area (Å²) in [6.07, 6.45) is 8.04. The molecule has 0 aromatic heterocycles. The lowest BCUT2D eigenvalue weighted by molar-refractivity contribution is -0.119. The summed E-state index contributed by atoms with van der Waals surface area (Å²) in [5.41, 5.74) is 1.63. The number of alkyl carbamates (subject to hydrolysis) is 1. The molecule has 0 aliphatic heterocycles. The van der Waals surface area contributed by atoms with Gasteiger partial charge < -0.3 is 4.74 Å². The van der Waals surface area contributed by atoms with Gasteiger partial charge in [-0.1, -0.05) is 64.7 Å². The maximum atomic E-state index is 11.8. The highest BCUT2D eigenvalue weighted by Gasteiger charge is 2.34. The van der Waals surface area contributed by atoms with Crippen LogP contribution in [0.4, 0.5) is 4.79 Å². The van der Waals surface area contributed by atoms with Crippen molar-refractivity contribution < 1.29 is 14.3 Å². The maximum Gasteiger partial charge on any atom is 0.414 e. The van der Waals surface area contributed by atoms with E-state index in [4.69, 9.17) is 39.5 Å². The van der Waals surface area contributed by atoms with Crippen molar-refractivity contribution >= 4 is 46.8 Å². The van der Waals surface area contributed by atoms with Gasteiger partial charge in [0, 0.05) is 0 Å². The molecule has 0 fully saturated rings. The van der Waals surface area contributed by atoms with Gasteiger partial charge in [0.25, 0.3) is 9.70 Å². The van der Waals surface area contributed by atoms with Crippen LogP contribution < -0.4 is 5.32 Å². The summed E-state index contributed by atoms with van der Waals surface area (Å²) in [5.74, 6) is -1.07. The Balaban J connectivity index is 4.54. The predicted molar refractivity (Wildman–Crippen MR) is 105 cm³/mol. The van der Waals surface area contributed by atoms with E-state index in [9.17, 15) is 9.59 Å². The van der Waals surface area contributed by atoms with E-state index in [1.807, 2.05) is 5.32 Å². The van der Waals surface area contributed by atoms with Crippen molar-refractivity contribution in [1.29, 1.82) is 0 Å². The fourth-order valence-electron chi connectivity index (χ4n) is 1.89. The molecule has 2 amide bonds. The quantitative estimate of drug-likeness (QED) is 0.393. The van der Waals surface area contributed by atoms with Gasteiger partial charge in [0.1, 0.15) is 5.60 Å². The number of carbonyl (C=O) groups is 2. The second-order valence-electron chi connectivity index (χ2n) is 6.27. The highest BCUT2D eigenvalue weighted by atomic mass is 35.6. The minimum atomic E-state index is -2.23. The van der Waals surface area contributed by atoms with E-state index in [1.54, 1.807) is 6.92 Å². The zero-order chi connectivity index (χ0) is 19.7. The summed E-state index contributed by atoms with van der Waals surface area (Å²) in [4.78, 5) is 23.2.